The summed E-state index contributed by atoms with van der Waals surface area (Å²) in [5.41, 5.74) is 0.271. The first-order chi connectivity index (χ1) is 9.42. The highest BCUT2D eigenvalue weighted by Crippen LogP contribution is 2.15. The van der Waals surface area contributed by atoms with E-state index in [1.54, 1.807) is 0 Å². The van der Waals surface area contributed by atoms with Crippen molar-refractivity contribution in [2.24, 2.45) is 0 Å². The van der Waals surface area contributed by atoms with E-state index in [0.717, 1.165) is 12.8 Å². The van der Waals surface area contributed by atoms with Crippen LogP contribution in [0, 0.1) is 0 Å². The van der Waals surface area contributed by atoms with E-state index in [-0.39, 0.29) is 30.3 Å². The highest BCUT2D eigenvalue weighted by Gasteiger charge is 2.22. The van der Waals surface area contributed by atoms with Crippen molar-refractivity contribution in [1.29, 1.82) is 0 Å². The molecule has 0 aliphatic heterocycles. The summed E-state index contributed by atoms with van der Waals surface area (Å²) in [5, 5.41) is 21.2. The van der Waals surface area contributed by atoms with E-state index in [1.807, 2.05) is 0 Å². The van der Waals surface area contributed by atoms with Crippen molar-refractivity contribution in [2.75, 3.05) is 20.3 Å². The smallest absolute Gasteiger partial charge is 0.0586 e. The van der Waals surface area contributed by atoms with Crippen LogP contribution < -0.4 is 5.32 Å². The first-order valence-electron chi connectivity index (χ1n) is 8.15. The van der Waals surface area contributed by atoms with Gasteiger partial charge in [-0.2, -0.15) is 0 Å². The normalized spacial score (nSPS) is 15.4. The molecule has 0 saturated heterocycles. The van der Waals surface area contributed by atoms with Gasteiger partial charge in [0.2, 0.25) is 0 Å². The van der Waals surface area contributed by atoms with Gasteiger partial charge in [0.15, 0.2) is 0 Å². The lowest BCUT2D eigenvalue weighted by Gasteiger charge is -2.37. The first kappa shape index (κ1) is 23.1. The molecule has 0 fully saturated rings. The number of nitrogens with zero attached hydrogens (tertiary/aromatic N) is 1. The topological polar surface area (TPSA) is 55.7 Å². The van der Waals surface area contributed by atoms with Crippen LogP contribution in [0.15, 0.2) is 0 Å². The van der Waals surface area contributed by atoms with Gasteiger partial charge in [-0.15, -0.1) is 0 Å². The number of hydrogen-bond acceptors (Lipinski definition) is 4. The molecule has 0 bridgehead atoms. The maximum absolute atomic E-state index is 9.02. The summed E-state index contributed by atoms with van der Waals surface area (Å²) in [6.07, 6.45) is 1.98. The second kappa shape index (κ2) is 10.5. The number of rotatable bonds is 6. The minimum atomic E-state index is 0.114. The molecule has 130 valence electrons. The maximum Gasteiger partial charge on any atom is 0.0586 e. The minimum Gasteiger partial charge on any atom is -0.395 e. The molecule has 4 heteroatoms. The Labute approximate surface area is 132 Å². The van der Waals surface area contributed by atoms with E-state index < -0.39 is 0 Å². The van der Waals surface area contributed by atoms with Crippen LogP contribution in [0.1, 0.15) is 68.2 Å². The van der Waals surface area contributed by atoms with Crippen LogP contribution in [-0.4, -0.2) is 58.5 Å². The van der Waals surface area contributed by atoms with Crippen LogP contribution in [0.5, 0.6) is 0 Å². The Balaban J connectivity index is 0. The van der Waals surface area contributed by atoms with Crippen molar-refractivity contribution < 1.29 is 10.2 Å². The van der Waals surface area contributed by atoms with Crippen molar-refractivity contribution in [3.05, 3.63) is 0 Å². The molecule has 0 aromatic carbocycles. The number of hydrogen-bond donors (Lipinski definition) is 3. The van der Waals surface area contributed by atoms with Gasteiger partial charge in [-0.05, 0) is 61.4 Å². The van der Waals surface area contributed by atoms with E-state index in [9.17, 15) is 0 Å². The molecule has 4 nitrogen and oxygen atoms in total. The van der Waals surface area contributed by atoms with Crippen molar-refractivity contribution in [2.45, 2.75) is 91.4 Å². The highest BCUT2D eigenvalue weighted by atomic mass is 16.3. The second-order valence-electron chi connectivity index (χ2n) is 7.71. The molecular weight excluding hydrogens is 264 g/mol. The van der Waals surface area contributed by atoms with Crippen LogP contribution in [-0.2, 0) is 0 Å². The van der Waals surface area contributed by atoms with Gasteiger partial charge >= 0.3 is 0 Å². The molecule has 0 aliphatic carbocycles. The fourth-order valence-electron chi connectivity index (χ4n) is 1.96. The number of aliphatic hydroxyl groups excluding tert-OH is 2. The van der Waals surface area contributed by atoms with Crippen molar-refractivity contribution in [3.8, 4) is 0 Å². The summed E-state index contributed by atoms with van der Waals surface area (Å²) < 4.78 is 0. The Hall–Kier alpha value is -0.160. The van der Waals surface area contributed by atoms with Gasteiger partial charge in [0.1, 0.15) is 0 Å². The molecular formula is C17H40N2O2. The molecule has 0 saturated carbocycles. The standard InChI is InChI=1S/C9H21NO.C8H19NO/c1-6-8(7-11)10(5)9(2,3)4;1-5-7(6-10)9-8(2,3)4/h8,11H,6-7H2,1-5H3;7,9-10H,5-6H2,1-4H3. The molecule has 0 radical (unpaired) electrons. The Morgan fingerprint density at radius 1 is 0.905 bits per heavy atom. The first-order valence-corrected chi connectivity index (χ1v) is 8.15. The minimum absolute atomic E-state index is 0.114. The van der Waals surface area contributed by atoms with E-state index in [1.165, 1.54) is 0 Å². The summed E-state index contributed by atoms with van der Waals surface area (Å²) in [6.45, 7) is 17.4. The Morgan fingerprint density at radius 2 is 1.38 bits per heavy atom. The van der Waals surface area contributed by atoms with Gasteiger partial charge in [-0.25, -0.2) is 0 Å². The molecule has 0 aromatic rings. The lowest BCUT2D eigenvalue weighted by Crippen LogP contribution is -2.46. The SMILES string of the molecule is CCC(CO)N(C)C(C)(C)C.CCC(CO)NC(C)(C)C. The van der Waals surface area contributed by atoms with E-state index in [4.69, 9.17) is 10.2 Å². The Kier molecular flexibility index (Phi) is 11.6. The third kappa shape index (κ3) is 12.1. The van der Waals surface area contributed by atoms with E-state index in [0.29, 0.717) is 6.04 Å². The second-order valence-corrected chi connectivity index (χ2v) is 7.71. The van der Waals surface area contributed by atoms with Crippen molar-refractivity contribution >= 4 is 0 Å². The molecule has 2 atom stereocenters. The molecule has 0 aromatic heterocycles. The van der Waals surface area contributed by atoms with Gasteiger partial charge in [-0.3, -0.25) is 4.90 Å². The maximum atomic E-state index is 9.02. The lowest BCUT2D eigenvalue weighted by atomic mass is 10.0. The van der Waals surface area contributed by atoms with Gasteiger partial charge in [0, 0.05) is 23.2 Å². The fourth-order valence-corrected chi connectivity index (χ4v) is 1.96. The van der Waals surface area contributed by atoms with Gasteiger partial charge in [0.25, 0.3) is 0 Å². The lowest BCUT2D eigenvalue weighted by molar-refractivity contribution is 0.0699. The average molecular weight is 305 g/mol. The van der Waals surface area contributed by atoms with Crippen LogP contribution in [0.3, 0.4) is 0 Å². The van der Waals surface area contributed by atoms with Gasteiger partial charge < -0.3 is 15.5 Å². The molecule has 21 heavy (non-hydrogen) atoms. The summed E-state index contributed by atoms with van der Waals surface area (Å²) >= 11 is 0. The molecule has 0 spiro atoms. The highest BCUT2D eigenvalue weighted by molar-refractivity contribution is 4.78. The molecule has 0 aliphatic rings. The molecule has 0 heterocycles. The van der Waals surface area contributed by atoms with E-state index in [2.05, 4.69) is 72.7 Å². The predicted octanol–water partition coefficient (Wildman–Crippen LogP) is 2.63. The summed E-state index contributed by atoms with van der Waals surface area (Å²) in [7, 11) is 2.06. The van der Waals surface area contributed by atoms with Crippen LogP contribution in [0.2, 0.25) is 0 Å². The zero-order valence-corrected chi connectivity index (χ0v) is 15.8. The van der Waals surface area contributed by atoms with Crippen LogP contribution in [0.4, 0.5) is 0 Å². The average Bonchev–Trinajstić information content (AvgIpc) is 2.36. The van der Waals surface area contributed by atoms with Crippen molar-refractivity contribution in [3.63, 3.8) is 0 Å². The van der Waals surface area contributed by atoms with Gasteiger partial charge in [-0.1, -0.05) is 13.8 Å². The number of likely N-dealkylation sites (N-methyl/N-ethyl adjacent to an activating group) is 1. The summed E-state index contributed by atoms with van der Waals surface area (Å²) in [4.78, 5) is 2.22. The third-order valence-corrected chi connectivity index (χ3v) is 3.64. The number of nitrogens with one attached hydrogen (secondary N) is 1. The van der Waals surface area contributed by atoms with Gasteiger partial charge in [0.05, 0.1) is 13.2 Å². The molecule has 2 unspecified atom stereocenters. The quantitative estimate of drug-likeness (QED) is 0.706. The Morgan fingerprint density at radius 3 is 1.48 bits per heavy atom. The van der Waals surface area contributed by atoms with E-state index >= 15 is 0 Å². The number of aliphatic hydroxyl groups is 2. The molecule has 0 rings (SSSR count). The molecule has 3 N–H and O–H groups in total. The van der Waals surface area contributed by atoms with Crippen molar-refractivity contribution in [1.82, 2.24) is 10.2 Å². The molecule has 0 amide bonds. The fraction of sp³-hybridized carbons (Fsp3) is 1.00. The zero-order chi connectivity index (χ0) is 17.3. The van der Waals surface area contributed by atoms with Crippen LogP contribution in [0.25, 0.3) is 0 Å². The largest absolute Gasteiger partial charge is 0.395 e. The third-order valence-electron chi connectivity index (χ3n) is 3.64. The predicted molar refractivity (Wildman–Crippen MR) is 92.7 cm³/mol. The Bertz CT molecular complexity index is 236. The monoisotopic (exact) mass is 304 g/mol. The van der Waals surface area contributed by atoms with Crippen LogP contribution >= 0.6 is 0 Å². The summed E-state index contributed by atoms with van der Waals surface area (Å²) in [6, 6.07) is 0.551. The zero-order valence-electron chi connectivity index (χ0n) is 15.8. The summed E-state index contributed by atoms with van der Waals surface area (Å²) in [5.74, 6) is 0.